The molecule has 1 aliphatic heterocycles. The molecule has 1 saturated carbocycles. The predicted molar refractivity (Wildman–Crippen MR) is 113 cm³/mol. The summed E-state index contributed by atoms with van der Waals surface area (Å²) in [5, 5.41) is 2.96. The average Bonchev–Trinajstić information content (AvgIpc) is 2.94. The Bertz CT molecular complexity index is 977. The second-order valence-corrected chi connectivity index (χ2v) is 8.41. The van der Waals surface area contributed by atoms with Crippen LogP contribution in [-0.2, 0) is 9.59 Å². The molecule has 2 aromatic rings. The molecule has 1 N–H and O–H groups in total. The number of para-hydroxylation sites is 1. The third kappa shape index (κ3) is 3.46. The summed E-state index contributed by atoms with van der Waals surface area (Å²) in [7, 11) is 0. The molecule has 0 aromatic heterocycles. The van der Waals surface area contributed by atoms with Crippen molar-refractivity contribution in [2.75, 3.05) is 10.2 Å². The topological polar surface area (TPSA) is 66.5 Å². The Morgan fingerprint density at radius 1 is 0.966 bits per heavy atom. The Balaban J connectivity index is 1.60. The first-order valence-electron chi connectivity index (χ1n) is 10.2. The van der Waals surface area contributed by atoms with Crippen LogP contribution in [0.15, 0.2) is 42.5 Å². The predicted octanol–water partition coefficient (Wildman–Crippen LogP) is 4.48. The summed E-state index contributed by atoms with van der Waals surface area (Å²) in [6.07, 6.45) is 2.50. The molecule has 29 heavy (non-hydrogen) atoms. The van der Waals surface area contributed by atoms with Crippen LogP contribution in [0.1, 0.15) is 47.7 Å². The highest BCUT2D eigenvalue weighted by Crippen LogP contribution is 2.42. The maximum Gasteiger partial charge on any atom is 0.255 e. The lowest BCUT2D eigenvalue weighted by molar-refractivity contribution is -0.122. The van der Waals surface area contributed by atoms with Crippen LogP contribution in [0, 0.1) is 31.6 Å². The molecule has 150 valence electrons. The van der Waals surface area contributed by atoms with Crippen molar-refractivity contribution in [1.82, 2.24) is 0 Å². The summed E-state index contributed by atoms with van der Waals surface area (Å²) in [5.41, 5.74) is 3.66. The van der Waals surface area contributed by atoms with Crippen molar-refractivity contribution >= 4 is 29.1 Å². The number of carbonyl (C=O) groups excluding carboxylic acids is 3. The molecule has 0 spiro atoms. The first-order valence-corrected chi connectivity index (χ1v) is 10.2. The van der Waals surface area contributed by atoms with Gasteiger partial charge in [-0.15, -0.1) is 0 Å². The van der Waals surface area contributed by atoms with Crippen LogP contribution < -0.4 is 10.2 Å². The molecule has 0 bridgehead atoms. The van der Waals surface area contributed by atoms with Gasteiger partial charge in [0.2, 0.25) is 11.8 Å². The quantitative estimate of drug-likeness (QED) is 0.786. The molecule has 3 amide bonds. The van der Waals surface area contributed by atoms with Gasteiger partial charge < -0.3 is 5.32 Å². The summed E-state index contributed by atoms with van der Waals surface area (Å²) in [5.74, 6) is -0.487. The number of aryl methyl sites for hydroxylation is 2. The number of nitrogens with one attached hydrogen (secondary N) is 1. The van der Waals surface area contributed by atoms with Crippen molar-refractivity contribution in [3.8, 4) is 0 Å². The van der Waals surface area contributed by atoms with Crippen molar-refractivity contribution in [3.05, 3.63) is 59.2 Å². The van der Waals surface area contributed by atoms with Crippen LogP contribution in [0.25, 0.3) is 0 Å². The molecule has 0 radical (unpaired) electrons. The Kier molecular flexibility index (Phi) is 4.99. The number of amides is 3. The highest BCUT2D eigenvalue weighted by molar-refractivity contribution is 6.22. The van der Waals surface area contributed by atoms with Gasteiger partial charge in [-0.2, -0.15) is 0 Å². The zero-order valence-corrected chi connectivity index (χ0v) is 17.1. The van der Waals surface area contributed by atoms with Gasteiger partial charge in [-0.05, 0) is 68.4 Å². The van der Waals surface area contributed by atoms with E-state index in [-0.39, 0.29) is 29.6 Å². The fourth-order valence-corrected chi connectivity index (χ4v) is 4.63. The fraction of sp³-hybridized carbons (Fsp3) is 0.375. The highest BCUT2D eigenvalue weighted by atomic mass is 16.2. The number of hydrogen-bond acceptors (Lipinski definition) is 3. The standard InChI is InChI=1S/C24H26N2O3/c1-14-10-11-19-20(12-14)24(29)26(23(19)28)18-9-5-8-17(13-18)22(27)25-21-15(2)6-4-7-16(21)3/h4-9,13-14,19-20H,10-12H2,1-3H3,(H,25,27)/t14-,19-,20+/m0/s1. The molecule has 0 unspecified atom stereocenters. The van der Waals surface area contributed by atoms with Gasteiger partial charge in [0, 0.05) is 11.3 Å². The zero-order valence-electron chi connectivity index (χ0n) is 17.1. The lowest BCUT2D eigenvalue weighted by atomic mass is 9.76. The number of anilines is 2. The van der Waals surface area contributed by atoms with E-state index in [2.05, 4.69) is 12.2 Å². The van der Waals surface area contributed by atoms with Gasteiger partial charge >= 0.3 is 0 Å². The molecule has 5 nitrogen and oxygen atoms in total. The second-order valence-electron chi connectivity index (χ2n) is 8.41. The van der Waals surface area contributed by atoms with Crippen molar-refractivity contribution in [2.24, 2.45) is 17.8 Å². The smallest absolute Gasteiger partial charge is 0.255 e. The summed E-state index contributed by atoms with van der Waals surface area (Å²) in [6.45, 7) is 6.03. The number of fused-ring (bicyclic) bond motifs is 1. The first-order chi connectivity index (χ1) is 13.9. The van der Waals surface area contributed by atoms with Gasteiger partial charge in [-0.3, -0.25) is 19.3 Å². The maximum atomic E-state index is 13.0. The normalized spacial score (nSPS) is 23.8. The van der Waals surface area contributed by atoms with Crippen LogP contribution in [-0.4, -0.2) is 17.7 Å². The Morgan fingerprint density at radius 2 is 1.62 bits per heavy atom. The minimum atomic E-state index is -0.255. The SMILES string of the molecule is Cc1cccc(C)c1NC(=O)c1cccc(N2C(=O)[C@H]3CC[C@H](C)C[C@H]3C2=O)c1. The minimum absolute atomic E-state index is 0.126. The third-order valence-corrected chi connectivity index (χ3v) is 6.27. The van der Waals surface area contributed by atoms with E-state index in [0.717, 1.165) is 36.1 Å². The Hall–Kier alpha value is -2.95. The number of imide groups is 1. The second kappa shape index (κ2) is 7.47. The minimum Gasteiger partial charge on any atom is -0.322 e. The number of rotatable bonds is 3. The molecule has 2 aromatic carbocycles. The Labute approximate surface area is 171 Å². The van der Waals surface area contributed by atoms with E-state index >= 15 is 0 Å². The van der Waals surface area contributed by atoms with Crippen molar-refractivity contribution in [1.29, 1.82) is 0 Å². The van der Waals surface area contributed by atoms with E-state index in [1.54, 1.807) is 24.3 Å². The van der Waals surface area contributed by atoms with Gasteiger partial charge in [0.25, 0.3) is 5.91 Å². The summed E-state index contributed by atoms with van der Waals surface area (Å²) < 4.78 is 0. The molecular formula is C24H26N2O3. The van der Waals surface area contributed by atoms with Gasteiger partial charge in [0.1, 0.15) is 0 Å². The van der Waals surface area contributed by atoms with Crippen molar-refractivity contribution in [2.45, 2.75) is 40.0 Å². The Morgan fingerprint density at radius 3 is 2.34 bits per heavy atom. The monoisotopic (exact) mass is 390 g/mol. The number of nitrogens with zero attached hydrogens (tertiary/aromatic N) is 1. The van der Waals surface area contributed by atoms with E-state index in [1.807, 2.05) is 32.0 Å². The fourth-order valence-electron chi connectivity index (χ4n) is 4.63. The van der Waals surface area contributed by atoms with Gasteiger partial charge in [0.05, 0.1) is 17.5 Å². The lowest BCUT2D eigenvalue weighted by Gasteiger charge is -2.25. The van der Waals surface area contributed by atoms with E-state index in [9.17, 15) is 14.4 Å². The molecule has 1 aliphatic carbocycles. The van der Waals surface area contributed by atoms with Crippen molar-refractivity contribution < 1.29 is 14.4 Å². The summed E-state index contributed by atoms with van der Waals surface area (Å²) in [4.78, 5) is 40.0. The number of carbonyl (C=O) groups is 3. The summed E-state index contributed by atoms with van der Waals surface area (Å²) in [6, 6.07) is 12.6. The molecule has 2 fully saturated rings. The van der Waals surface area contributed by atoms with Crippen LogP contribution in [0.2, 0.25) is 0 Å². The van der Waals surface area contributed by atoms with Crippen LogP contribution in [0.4, 0.5) is 11.4 Å². The molecule has 1 saturated heterocycles. The first kappa shape index (κ1) is 19.4. The maximum absolute atomic E-state index is 13.0. The molecule has 3 atom stereocenters. The van der Waals surface area contributed by atoms with E-state index < -0.39 is 0 Å². The largest absolute Gasteiger partial charge is 0.322 e. The molecule has 2 aliphatic rings. The zero-order chi connectivity index (χ0) is 20.7. The summed E-state index contributed by atoms with van der Waals surface area (Å²) >= 11 is 0. The highest BCUT2D eigenvalue weighted by Gasteiger charge is 2.50. The molecule has 4 rings (SSSR count). The molecule has 1 heterocycles. The number of benzene rings is 2. The lowest BCUT2D eigenvalue weighted by Crippen LogP contribution is -2.31. The van der Waals surface area contributed by atoms with Crippen molar-refractivity contribution in [3.63, 3.8) is 0 Å². The van der Waals surface area contributed by atoms with Gasteiger partial charge in [0.15, 0.2) is 0 Å². The van der Waals surface area contributed by atoms with Crippen LogP contribution in [0.5, 0.6) is 0 Å². The van der Waals surface area contributed by atoms with Crippen LogP contribution >= 0.6 is 0 Å². The van der Waals surface area contributed by atoms with E-state index in [0.29, 0.717) is 17.2 Å². The number of hydrogen-bond donors (Lipinski definition) is 1. The van der Waals surface area contributed by atoms with Crippen LogP contribution in [0.3, 0.4) is 0 Å². The molecular weight excluding hydrogens is 364 g/mol. The van der Waals surface area contributed by atoms with Gasteiger partial charge in [-0.1, -0.05) is 31.2 Å². The van der Waals surface area contributed by atoms with E-state index in [4.69, 9.17) is 0 Å². The third-order valence-electron chi connectivity index (χ3n) is 6.27. The van der Waals surface area contributed by atoms with E-state index in [1.165, 1.54) is 4.90 Å². The van der Waals surface area contributed by atoms with Gasteiger partial charge in [-0.25, -0.2) is 0 Å². The molecule has 5 heteroatoms. The average molecular weight is 390 g/mol.